The molecular weight excluding hydrogens is 607 g/mol. The third-order valence-corrected chi connectivity index (χ3v) is 10.1. The molecule has 0 fully saturated rings. The van der Waals surface area contributed by atoms with Gasteiger partial charge in [0.15, 0.2) is 5.69 Å². The quantitative estimate of drug-likeness (QED) is 0.135. The Morgan fingerprint density at radius 2 is 1.06 bits per heavy atom. The Kier molecular flexibility index (Phi) is 6.24. The molecule has 0 radical (unpaired) electrons. The van der Waals surface area contributed by atoms with E-state index in [2.05, 4.69) is 178 Å². The summed E-state index contributed by atoms with van der Waals surface area (Å²) in [6.07, 6.45) is 0. The summed E-state index contributed by atoms with van der Waals surface area (Å²) in [7, 11) is 0. The molecular formula is C47H29N3. The maximum atomic E-state index is 7.71. The van der Waals surface area contributed by atoms with E-state index in [4.69, 9.17) is 6.57 Å². The van der Waals surface area contributed by atoms with Crippen LogP contribution in [0.2, 0.25) is 0 Å². The zero-order valence-corrected chi connectivity index (χ0v) is 27.1. The SMILES string of the molecule is [C-]#[N+]c1ccc2c(c1)c1cc3ccc4c(-c5ccc(N(c6ccccc6)c6ccccc6)cc5)ccc5ccc(c3c54)c1n2-c1ccccc1. The first-order valence-electron chi connectivity index (χ1n) is 16.9. The summed E-state index contributed by atoms with van der Waals surface area (Å²) in [6.45, 7) is 7.71. The Morgan fingerprint density at radius 1 is 0.460 bits per heavy atom. The lowest BCUT2D eigenvalue weighted by Gasteiger charge is -2.25. The highest BCUT2D eigenvalue weighted by atomic mass is 15.1. The summed E-state index contributed by atoms with van der Waals surface area (Å²) in [4.78, 5) is 6.07. The van der Waals surface area contributed by atoms with E-state index in [0.717, 1.165) is 39.0 Å². The summed E-state index contributed by atoms with van der Waals surface area (Å²) in [5.74, 6) is 0. The number of fused-ring (bicyclic) bond motifs is 4. The van der Waals surface area contributed by atoms with Crippen LogP contribution in [0, 0.1) is 6.57 Å². The molecule has 50 heavy (non-hydrogen) atoms. The van der Waals surface area contributed by atoms with Crippen molar-refractivity contribution in [2.45, 2.75) is 0 Å². The molecule has 232 valence electrons. The van der Waals surface area contributed by atoms with Gasteiger partial charge in [0.1, 0.15) is 0 Å². The highest BCUT2D eigenvalue weighted by Gasteiger charge is 2.20. The highest BCUT2D eigenvalue weighted by molar-refractivity contribution is 6.32. The van der Waals surface area contributed by atoms with E-state index >= 15 is 0 Å². The lowest BCUT2D eigenvalue weighted by molar-refractivity contribution is 1.19. The first-order chi connectivity index (χ1) is 24.8. The molecule has 0 N–H and O–H groups in total. The van der Waals surface area contributed by atoms with Gasteiger partial charge in [0.25, 0.3) is 0 Å². The average molecular weight is 636 g/mol. The van der Waals surface area contributed by atoms with E-state index < -0.39 is 0 Å². The van der Waals surface area contributed by atoms with Crippen LogP contribution in [0.15, 0.2) is 176 Å². The van der Waals surface area contributed by atoms with Crippen molar-refractivity contribution in [1.29, 1.82) is 0 Å². The van der Waals surface area contributed by atoms with Gasteiger partial charge < -0.3 is 9.47 Å². The largest absolute Gasteiger partial charge is 0.311 e. The lowest BCUT2D eigenvalue weighted by atomic mass is 9.89. The minimum absolute atomic E-state index is 0.654. The topological polar surface area (TPSA) is 12.5 Å². The van der Waals surface area contributed by atoms with E-state index in [9.17, 15) is 0 Å². The van der Waals surface area contributed by atoms with Gasteiger partial charge in [-0.05, 0) is 110 Å². The molecule has 1 heterocycles. The van der Waals surface area contributed by atoms with Gasteiger partial charge in [-0.15, -0.1) is 0 Å². The van der Waals surface area contributed by atoms with Crippen LogP contribution in [0.1, 0.15) is 0 Å². The van der Waals surface area contributed by atoms with Crippen LogP contribution < -0.4 is 4.90 Å². The normalized spacial score (nSPS) is 11.6. The van der Waals surface area contributed by atoms with E-state index in [1.807, 2.05) is 12.1 Å². The Labute approximate surface area is 289 Å². The summed E-state index contributed by atoms with van der Waals surface area (Å²) < 4.78 is 2.37. The van der Waals surface area contributed by atoms with Crippen molar-refractivity contribution < 1.29 is 0 Å². The summed E-state index contributed by atoms with van der Waals surface area (Å²) in [5.41, 5.74) is 9.80. The predicted octanol–water partition coefficient (Wildman–Crippen LogP) is 13.4. The summed E-state index contributed by atoms with van der Waals surface area (Å²) >= 11 is 0. The zero-order chi connectivity index (χ0) is 33.2. The van der Waals surface area contributed by atoms with Crippen molar-refractivity contribution in [3.8, 4) is 16.8 Å². The number of aromatic nitrogens is 1. The maximum absolute atomic E-state index is 7.71. The molecule has 0 unspecified atom stereocenters. The van der Waals surface area contributed by atoms with E-state index in [0.29, 0.717) is 5.69 Å². The fourth-order valence-corrected chi connectivity index (χ4v) is 7.92. The number of nitrogens with zero attached hydrogens (tertiary/aromatic N) is 3. The Morgan fingerprint density at radius 3 is 1.76 bits per heavy atom. The third kappa shape index (κ3) is 4.23. The van der Waals surface area contributed by atoms with Gasteiger partial charge >= 0.3 is 0 Å². The molecule has 0 spiro atoms. The molecule has 0 saturated heterocycles. The molecule has 9 aromatic carbocycles. The maximum Gasteiger partial charge on any atom is 0.188 e. The molecule has 0 aliphatic heterocycles. The second kappa shape index (κ2) is 11.1. The fourth-order valence-electron chi connectivity index (χ4n) is 7.92. The standard InChI is InChI=1S/C47H29N3/c1-48-34-22-28-44-42(30-34)43-29-33-21-26-40-39(25-19-32-20-27-41(46(33)45(32)40)47(43)50(44)37-15-9-4-10-16-37)31-17-23-38(24-18-31)49(35-11-5-2-6-12-35)36-13-7-3-8-14-36/h2-30H. The molecule has 0 aliphatic rings. The van der Waals surface area contributed by atoms with Gasteiger partial charge in [0.2, 0.25) is 0 Å². The number of benzene rings is 9. The fraction of sp³-hybridized carbons (Fsp3) is 0. The molecule has 3 nitrogen and oxygen atoms in total. The van der Waals surface area contributed by atoms with Gasteiger partial charge in [-0.3, -0.25) is 0 Å². The predicted molar refractivity (Wildman–Crippen MR) is 211 cm³/mol. The van der Waals surface area contributed by atoms with Gasteiger partial charge in [0.05, 0.1) is 17.6 Å². The van der Waals surface area contributed by atoms with Crippen LogP contribution in [0.5, 0.6) is 0 Å². The summed E-state index contributed by atoms with van der Waals surface area (Å²) in [5, 5.41) is 9.72. The van der Waals surface area contributed by atoms with Gasteiger partial charge in [-0.2, -0.15) is 0 Å². The lowest BCUT2D eigenvalue weighted by Crippen LogP contribution is -2.09. The second-order valence-electron chi connectivity index (χ2n) is 12.8. The van der Waals surface area contributed by atoms with Crippen LogP contribution in [0.4, 0.5) is 22.7 Å². The van der Waals surface area contributed by atoms with Crippen LogP contribution in [-0.4, -0.2) is 4.57 Å². The second-order valence-corrected chi connectivity index (χ2v) is 12.8. The van der Waals surface area contributed by atoms with Crippen LogP contribution in [-0.2, 0) is 0 Å². The number of rotatable bonds is 5. The number of anilines is 3. The van der Waals surface area contributed by atoms with Crippen molar-refractivity contribution in [2.24, 2.45) is 0 Å². The van der Waals surface area contributed by atoms with Crippen LogP contribution >= 0.6 is 0 Å². The van der Waals surface area contributed by atoms with Crippen molar-refractivity contribution in [3.05, 3.63) is 187 Å². The van der Waals surface area contributed by atoms with Gasteiger partial charge in [-0.25, -0.2) is 4.85 Å². The number of hydrogen-bond donors (Lipinski definition) is 0. The van der Waals surface area contributed by atoms with Crippen molar-refractivity contribution in [3.63, 3.8) is 0 Å². The van der Waals surface area contributed by atoms with Crippen LogP contribution in [0.3, 0.4) is 0 Å². The first-order valence-corrected chi connectivity index (χ1v) is 16.9. The zero-order valence-electron chi connectivity index (χ0n) is 27.1. The molecule has 0 aliphatic carbocycles. The molecule has 0 atom stereocenters. The Hall–Kier alpha value is -6.89. The average Bonchev–Trinajstić information content (AvgIpc) is 3.51. The molecule has 3 heteroatoms. The van der Waals surface area contributed by atoms with Crippen molar-refractivity contribution >= 4 is 76.9 Å². The van der Waals surface area contributed by atoms with E-state index in [-0.39, 0.29) is 0 Å². The number of para-hydroxylation sites is 3. The third-order valence-electron chi connectivity index (χ3n) is 10.1. The first kappa shape index (κ1) is 28.2. The smallest absolute Gasteiger partial charge is 0.188 e. The van der Waals surface area contributed by atoms with E-state index in [1.165, 1.54) is 49.0 Å². The van der Waals surface area contributed by atoms with Gasteiger partial charge in [-0.1, -0.05) is 109 Å². The van der Waals surface area contributed by atoms with Crippen molar-refractivity contribution in [1.82, 2.24) is 4.57 Å². The molecule has 0 amide bonds. The monoisotopic (exact) mass is 635 g/mol. The minimum atomic E-state index is 0.654. The van der Waals surface area contributed by atoms with Crippen LogP contribution in [0.25, 0.3) is 75.8 Å². The summed E-state index contributed by atoms with van der Waals surface area (Å²) in [6, 6.07) is 62.7. The molecule has 0 bridgehead atoms. The molecule has 0 saturated carbocycles. The van der Waals surface area contributed by atoms with Gasteiger partial charge in [0, 0.05) is 33.5 Å². The molecule has 1 aromatic heterocycles. The number of hydrogen-bond acceptors (Lipinski definition) is 1. The minimum Gasteiger partial charge on any atom is -0.311 e. The highest BCUT2D eigenvalue weighted by Crippen LogP contribution is 2.45. The van der Waals surface area contributed by atoms with E-state index in [1.54, 1.807) is 0 Å². The van der Waals surface area contributed by atoms with Crippen molar-refractivity contribution in [2.75, 3.05) is 4.90 Å². The Balaban J connectivity index is 1.19. The Bertz CT molecular complexity index is 2860. The molecule has 10 aromatic rings. The molecule has 10 rings (SSSR count).